The lowest BCUT2D eigenvalue weighted by Crippen LogP contribution is -2.54. The highest BCUT2D eigenvalue weighted by Crippen LogP contribution is 2.45. The molecule has 41 heavy (non-hydrogen) atoms. The topological polar surface area (TPSA) is 94.9 Å². The number of amides is 1. The van der Waals surface area contributed by atoms with Crippen molar-refractivity contribution >= 4 is 23.6 Å². The number of alkyl halides is 6. The monoisotopic (exact) mass is 591 g/mol. The number of aliphatic hydroxyl groups is 1. The summed E-state index contributed by atoms with van der Waals surface area (Å²) >= 11 is 0. The van der Waals surface area contributed by atoms with Crippen LogP contribution in [-0.4, -0.2) is 49.8 Å². The lowest BCUT2D eigenvalue weighted by molar-refractivity contribution is -0.173. The van der Waals surface area contributed by atoms with Crippen LogP contribution < -0.4 is 15.0 Å². The van der Waals surface area contributed by atoms with Crippen molar-refractivity contribution in [3.05, 3.63) is 65.1 Å². The molecule has 0 aliphatic heterocycles. The molecular formula is C27H28F7N3O4. The fourth-order valence-corrected chi connectivity index (χ4v) is 4.04. The summed E-state index contributed by atoms with van der Waals surface area (Å²) in [7, 11) is 1.11. The van der Waals surface area contributed by atoms with E-state index in [9.17, 15) is 40.6 Å². The summed E-state index contributed by atoms with van der Waals surface area (Å²) in [5, 5.41) is 20.2. The minimum Gasteiger partial charge on any atom is -0.409 e. The molecule has 2 atom stereocenters. The van der Waals surface area contributed by atoms with E-state index in [2.05, 4.69) is 5.32 Å². The molecule has 1 saturated carbocycles. The highest BCUT2D eigenvalue weighted by molar-refractivity contribution is 6.10. The first-order valence-corrected chi connectivity index (χ1v) is 12.2. The van der Waals surface area contributed by atoms with Gasteiger partial charge in [-0.25, -0.2) is 9.18 Å². The van der Waals surface area contributed by atoms with Crippen LogP contribution in [0.15, 0.2) is 42.6 Å². The Morgan fingerprint density at radius 2 is 1.78 bits per heavy atom. The second-order valence-corrected chi connectivity index (χ2v) is 9.93. The number of carbonyl (C=O) groups is 1. The fraction of sp³-hybridized carbons (Fsp3) is 0.407. The van der Waals surface area contributed by atoms with Crippen LogP contribution in [0, 0.1) is 16.6 Å². The van der Waals surface area contributed by atoms with Gasteiger partial charge in [0.15, 0.2) is 5.75 Å². The summed E-state index contributed by atoms with van der Waals surface area (Å²) in [5.41, 5.74) is -5.27. The zero-order valence-electron chi connectivity index (χ0n) is 22.2. The minimum atomic E-state index is -5.38. The van der Waals surface area contributed by atoms with Gasteiger partial charge in [-0.2, -0.15) is 26.3 Å². The van der Waals surface area contributed by atoms with Gasteiger partial charge in [0.05, 0.1) is 29.9 Å². The van der Waals surface area contributed by atoms with Crippen LogP contribution in [0.5, 0.6) is 5.75 Å². The van der Waals surface area contributed by atoms with E-state index in [0.29, 0.717) is 18.7 Å². The van der Waals surface area contributed by atoms with Gasteiger partial charge < -0.3 is 25.3 Å². The van der Waals surface area contributed by atoms with Gasteiger partial charge >= 0.3 is 18.4 Å². The molecular weight excluding hydrogens is 563 g/mol. The zero-order chi connectivity index (χ0) is 30.8. The maximum atomic E-state index is 14.0. The van der Waals surface area contributed by atoms with Crippen molar-refractivity contribution in [1.29, 1.82) is 5.41 Å². The Kier molecular flexibility index (Phi) is 9.38. The molecule has 0 saturated heterocycles. The summed E-state index contributed by atoms with van der Waals surface area (Å²) < 4.78 is 107. The maximum Gasteiger partial charge on any atom is 0.420 e. The molecule has 2 aromatic carbocycles. The number of aliphatic hydroxyl groups excluding tert-OH is 1. The van der Waals surface area contributed by atoms with Gasteiger partial charge in [-0.3, -0.25) is 4.90 Å². The van der Waals surface area contributed by atoms with E-state index in [0.717, 1.165) is 42.4 Å². The van der Waals surface area contributed by atoms with E-state index in [1.807, 2.05) is 13.8 Å². The Morgan fingerprint density at radius 3 is 2.29 bits per heavy atom. The Bertz CT molecular complexity index is 1290. The lowest BCUT2D eigenvalue weighted by Gasteiger charge is -2.48. The first kappa shape index (κ1) is 31.9. The van der Waals surface area contributed by atoms with E-state index in [1.54, 1.807) is 0 Å². The molecule has 1 aliphatic carbocycles. The van der Waals surface area contributed by atoms with E-state index >= 15 is 0 Å². The van der Waals surface area contributed by atoms with Crippen LogP contribution in [-0.2, 0) is 17.1 Å². The lowest BCUT2D eigenvalue weighted by atomic mass is 9.66. The number of nitrogens with one attached hydrogen (secondary N) is 2. The van der Waals surface area contributed by atoms with Gasteiger partial charge in [0.1, 0.15) is 5.82 Å². The summed E-state index contributed by atoms with van der Waals surface area (Å²) in [5.74, 6) is -1.89. The Morgan fingerprint density at radius 1 is 1.15 bits per heavy atom. The first-order valence-electron chi connectivity index (χ1n) is 12.2. The quantitative estimate of drug-likeness (QED) is 0.182. The molecule has 14 heteroatoms. The Balaban J connectivity index is 1.95. The number of hydrogen-bond acceptors (Lipinski definition) is 6. The average Bonchev–Trinajstić information content (AvgIpc) is 2.89. The fourth-order valence-electron chi connectivity index (χ4n) is 4.04. The average molecular weight is 592 g/mol. The first-order chi connectivity index (χ1) is 19.0. The summed E-state index contributed by atoms with van der Waals surface area (Å²) in [6, 6.07) is 4.45. The van der Waals surface area contributed by atoms with Crippen LogP contribution in [0.2, 0.25) is 0 Å². The maximum absolute atomic E-state index is 14.0. The third-order valence-electron chi connectivity index (χ3n) is 6.81. The van der Waals surface area contributed by atoms with Crippen LogP contribution in [0.4, 0.5) is 41.2 Å². The predicted octanol–water partition coefficient (Wildman–Crippen LogP) is 6.25. The molecule has 0 heterocycles. The number of carbonyl (C=O) groups excluding carboxylic acids is 1. The molecule has 0 radical (unpaired) electrons. The molecule has 1 amide bonds. The Labute approximate surface area is 231 Å². The third-order valence-corrected chi connectivity index (χ3v) is 6.81. The van der Waals surface area contributed by atoms with Crippen molar-refractivity contribution in [2.24, 2.45) is 5.41 Å². The van der Waals surface area contributed by atoms with Crippen molar-refractivity contribution < 1.29 is 50.1 Å². The normalized spacial score (nSPS) is 18.9. The number of allylic oxidation sites excluding steroid dienone is 1. The van der Waals surface area contributed by atoms with E-state index < -0.39 is 63.8 Å². The van der Waals surface area contributed by atoms with Crippen molar-refractivity contribution in [3.63, 3.8) is 0 Å². The number of hydrogen-bond donors (Lipinski definition) is 3. The summed E-state index contributed by atoms with van der Waals surface area (Å²) in [6.07, 6.45) is -10.8. The van der Waals surface area contributed by atoms with Gasteiger partial charge in [-0.15, -0.1) is 0 Å². The number of nitrogens with zero attached hydrogens (tertiary/aromatic N) is 1. The van der Waals surface area contributed by atoms with E-state index in [1.165, 1.54) is 0 Å². The van der Waals surface area contributed by atoms with Crippen molar-refractivity contribution in [1.82, 2.24) is 5.32 Å². The Hall–Kier alpha value is -3.65. The molecule has 1 aliphatic rings. The van der Waals surface area contributed by atoms with Gasteiger partial charge in [0, 0.05) is 54.7 Å². The van der Waals surface area contributed by atoms with E-state index in [-0.39, 0.29) is 31.0 Å². The van der Waals surface area contributed by atoms with Gasteiger partial charge in [0.25, 0.3) is 0 Å². The molecule has 1 fully saturated rings. The van der Waals surface area contributed by atoms with Gasteiger partial charge in [0.2, 0.25) is 0 Å². The number of ether oxygens (including phenoxy) is 2. The molecule has 3 rings (SSSR count). The molecule has 2 aromatic rings. The van der Waals surface area contributed by atoms with Crippen LogP contribution in [0.25, 0.3) is 5.57 Å². The molecule has 2 unspecified atom stereocenters. The molecule has 3 N–H and O–H groups in total. The summed E-state index contributed by atoms with van der Waals surface area (Å²) in [4.78, 5) is 13.5. The third kappa shape index (κ3) is 7.36. The molecule has 0 spiro atoms. The number of anilines is 1. The van der Waals surface area contributed by atoms with Crippen LogP contribution in [0.1, 0.15) is 37.0 Å². The smallest absolute Gasteiger partial charge is 0.409 e. The highest BCUT2D eigenvalue weighted by Gasteiger charge is 2.48. The second-order valence-electron chi connectivity index (χ2n) is 9.93. The highest BCUT2D eigenvalue weighted by atomic mass is 19.4. The van der Waals surface area contributed by atoms with Crippen LogP contribution in [0.3, 0.4) is 0 Å². The largest absolute Gasteiger partial charge is 0.420 e. The molecule has 7 nitrogen and oxygen atoms in total. The number of rotatable bonds is 9. The predicted molar refractivity (Wildman–Crippen MR) is 136 cm³/mol. The standard InChI is InChI=1S/C27H28F7N3O4/c1-25(2)21(38)12-22(25)40-9-8-36-14-15(13-35)19-10-16(26(29,30)31)11-20(27(32,33)34)23(19)41-24(39)37(3)18-6-4-17(28)5-7-18/h4-7,10-11,13-14,21-22,35-36,38H,8-9,12H2,1-3H3/b15-14+,35-13?. The zero-order valence-corrected chi connectivity index (χ0v) is 22.2. The second kappa shape index (κ2) is 12.1. The molecule has 0 bridgehead atoms. The van der Waals surface area contributed by atoms with Gasteiger partial charge in [-0.1, -0.05) is 13.8 Å². The number of benzene rings is 2. The van der Waals surface area contributed by atoms with Gasteiger partial charge in [-0.05, 0) is 36.4 Å². The molecule has 224 valence electrons. The molecule has 0 aromatic heterocycles. The number of halogens is 7. The van der Waals surface area contributed by atoms with Crippen molar-refractivity contribution in [2.45, 2.75) is 44.8 Å². The SMILES string of the molecule is CN(C(=O)Oc1c(/C(C=N)=C/NCCOC2CC(O)C2(C)C)cc(C(F)(F)F)cc1C(F)(F)F)c1ccc(F)cc1. The van der Waals surface area contributed by atoms with Crippen molar-refractivity contribution in [2.75, 3.05) is 25.1 Å². The van der Waals surface area contributed by atoms with Crippen molar-refractivity contribution in [3.8, 4) is 5.75 Å². The summed E-state index contributed by atoms with van der Waals surface area (Å²) in [6.45, 7) is 3.78. The van der Waals surface area contributed by atoms with E-state index in [4.69, 9.17) is 14.9 Å². The minimum absolute atomic E-state index is 0.0325. The van der Waals surface area contributed by atoms with Crippen LogP contribution >= 0.6 is 0 Å².